The number of carbonyl (C=O) groups excluding carboxylic acids is 1. The molecule has 0 spiro atoms. The summed E-state index contributed by atoms with van der Waals surface area (Å²) in [5.41, 5.74) is 4.70. The van der Waals surface area contributed by atoms with E-state index in [0.29, 0.717) is 5.02 Å². The van der Waals surface area contributed by atoms with Crippen LogP contribution in [0.25, 0.3) is 0 Å². The lowest BCUT2D eigenvalue weighted by atomic mass is 10.4. The first kappa shape index (κ1) is 17.6. The average Bonchev–Trinajstić information content (AvgIpc) is 2.45. The van der Waals surface area contributed by atoms with Crippen molar-refractivity contribution < 1.29 is 13.2 Å². The monoisotopic (exact) mass is 350 g/mol. The summed E-state index contributed by atoms with van der Waals surface area (Å²) in [5, 5.41) is 3.24. The van der Waals surface area contributed by atoms with E-state index in [0.717, 1.165) is 4.31 Å². The van der Waals surface area contributed by atoms with Crippen molar-refractivity contribution in [2.45, 2.75) is 4.90 Å². The zero-order valence-corrected chi connectivity index (χ0v) is 13.8. The van der Waals surface area contributed by atoms with Crippen LogP contribution in [0.1, 0.15) is 0 Å². The Kier molecular flexibility index (Phi) is 6.34. The fraction of sp³-hybridized carbons (Fsp3) is 0.273. The standard InChI is InChI=1S/C11H15ClN4O3S2/c1-13-11(20)15-14-10(17)7-16(2)21(18,19)9-5-3-8(12)4-6-9/h3-6H,7H2,1-2H3,(H,14,17)(H2,13,15,20). The van der Waals surface area contributed by atoms with E-state index in [-0.39, 0.29) is 16.6 Å². The second-order valence-corrected chi connectivity index (χ2v) is 6.86. The minimum absolute atomic E-state index is 0.0564. The molecule has 0 atom stereocenters. The van der Waals surface area contributed by atoms with Crippen LogP contribution in [0.5, 0.6) is 0 Å². The van der Waals surface area contributed by atoms with Crippen LogP contribution in [0.4, 0.5) is 0 Å². The van der Waals surface area contributed by atoms with Crippen LogP contribution in [0.15, 0.2) is 29.2 Å². The van der Waals surface area contributed by atoms with Gasteiger partial charge in [0.15, 0.2) is 5.11 Å². The van der Waals surface area contributed by atoms with Gasteiger partial charge >= 0.3 is 0 Å². The number of hydrazine groups is 1. The number of likely N-dealkylation sites (N-methyl/N-ethyl adjacent to an activating group) is 1. The van der Waals surface area contributed by atoms with E-state index in [1.165, 1.54) is 31.3 Å². The van der Waals surface area contributed by atoms with Gasteiger partial charge in [0.1, 0.15) is 0 Å². The number of nitrogens with zero attached hydrogens (tertiary/aromatic N) is 1. The van der Waals surface area contributed by atoms with E-state index in [1.807, 2.05) is 0 Å². The highest BCUT2D eigenvalue weighted by atomic mass is 35.5. The van der Waals surface area contributed by atoms with Crippen molar-refractivity contribution in [3.8, 4) is 0 Å². The fourth-order valence-electron chi connectivity index (χ4n) is 1.30. The highest BCUT2D eigenvalue weighted by Gasteiger charge is 2.22. The Bertz CT molecular complexity index is 619. The predicted molar refractivity (Wildman–Crippen MR) is 84.2 cm³/mol. The van der Waals surface area contributed by atoms with Crippen molar-refractivity contribution in [3.05, 3.63) is 29.3 Å². The lowest BCUT2D eigenvalue weighted by Gasteiger charge is -2.17. The van der Waals surface area contributed by atoms with Crippen LogP contribution in [0, 0.1) is 0 Å². The number of rotatable bonds is 4. The van der Waals surface area contributed by atoms with E-state index in [1.54, 1.807) is 7.05 Å². The number of benzene rings is 1. The maximum absolute atomic E-state index is 12.2. The molecule has 116 valence electrons. The van der Waals surface area contributed by atoms with Crippen molar-refractivity contribution in [2.24, 2.45) is 0 Å². The van der Waals surface area contributed by atoms with Crippen molar-refractivity contribution in [1.82, 2.24) is 20.5 Å². The van der Waals surface area contributed by atoms with Crippen molar-refractivity contribution >= 4 is 44.9 Å². The van der Waals surface area contributed by atoms with E-state index in [9.17, 15) is 13.2 Å². The van der Waals surface area contributed by atoms with Gasteiger partial charge in [0.25, 0.3) is 5.91 Å². The molecule has 0 saturated carbocycles. The highest BCUT2D eigenvalue weighted by Crippen LogP contribution is 2.17. The van der Waals surface area contributed by atoms with Gasteiger partial charge in [0.2, 0.25) is 10.0 Å². The molecule has 1 aromatic rings. The van der Waals surface area contributed by atoms with Gasteiger partial charge in [-0.25, -0.2) is 8.42 Å². The molecular formula is C11H15ClN4O3S2. The van der Waals surface area contributed by atoms with Crippen molar-refractivity contribution in [2.75, 3.05) is 20.6 Å². The maximum atomic E-state index is 12.2. The first-order valence-electron chi connectivity index (χ1n) is 5.76. The third-order valence-electron chi connectivity index (χ3n) is 2.43. The molecule has 0 unspecified atom stereocenters. The minimum Gasteiger partial charge on any atom is -0.364 e. The summed E-state index contributed by atoms with van der Waals surface area (Å²) in [6.45, 7) is -0.357. The Labute approximate surface area is 133 Å². The Balaban J connectivity index is 2.69. The van der Waals surface area contributed by atoms with E-state index in [4.69, 9.17) is 23.8 Å². The van der Waals surface area contributed by atoms with Crippen molar-refractivity contribution in [1.29, 1.82) is 0 Å². The quantitative estimate of drug-likeness (QED) is 0.526. The lowest BCUT2D eigenvalue weighted by Crippen LogP contribution is -2.49. The van der Waals surface area contributed by atoms with Gasteiger partial charge in [0.05, 0.1) is 11.4 Å². The molecule has 0 aliphatic carbocycles. The van der Waals surface area contributed by atoms with Crippen LogP contribution in [0.3, 0.4) is 0 Å². The van der Waals surface area contributed by atoms with Crippen LogP contribution in [-0.4, -0.2) is 44.4 Å². The van der Waals surface area contributed by atoms with Crippen LogP contribution >= 0.6 is 23.8 Å². The summed E-state index contributed by atoms with van der Waals surface area (Å²) in [6.07, 6.45) is 0. The number of nitrogens with one attached hydrogen (secondary N) is 3. The molecule has 0 aromatic heterocycles. The number of thiocarbonyl (C=S) groups is 1. The maximum Gasteiger partial charge on any atom is 0.253 e. The number of carbonyl (C=O) groups is 1. The molecule has 0 aliphatic rings. The predicted octanol–water partition coefficient (Wildman–Crippen LogP) is 0.0856. The third-order valence-corrected chi connectivity index (χ3v) is 4.81. The SMILES string of the molecule is CNC(=S)NNC(=O)CN(C)S(=O)(=O)c1ccc(Cl)cc1. The van der Waals surface area contributed by atoms with Gasteiger partial charge in [-0.2, -0.15) is 4.31 Å². The molecule has 1 rings (SSSR count). The van der Waals surface area contributed by atoms with Crippen molar-refractivity contribution in [3.63, 3.8) is 0 Å². The number of hydrogen-bond acceptors (Lipinski definition) is 4. The highest BCUT2D eigenvalue weighted by molar-refractivity contribution is 7.89. The first-order chi connectivity index (χ1) is 9.77. The molecule has 0 fully saturated rings. The Morgan fingerprint density at radius 3 is 2.38 bits per heavy atom. The molecule has 0 aliphatic heterocycles. The molecule has 1 aromatic carbocycles. The summed E-state index contributed by atoms with van der Waals surface area (Å²) >= 11 is 10.5. The summed E-state index contributed by atoms with van der Waals surface area (Å²) in [7, 11) is -0.870. The topological polar surface area (TPSA) is 90.5 Å². The van der Waals surface area contributed by atoms with Crippen LogP contribution < -0.4 is 16.2 Å². The second kappa shape index (κ2) is 7.55. The molecule has 21 heavy (non-hydrogen) atoms. The van der Waals surface area contributed by atoms with Crippen LogP contribution in [-0.2, 0) is 14.8 Å². The number of halogens is 1. The molecule has 1 amide bonds. The number of amides is 1. The number of sulfonamides is 1. The molecule has 10 heteroatoms. The second-order valence-electron chi connectivity index (χ2n) is 3.97. The molecule has 0 bridgehead atoms. The summed E-state index contributed by atoms with van der Waals surface area (Å²) < 4.78 is 25.4. The Morgan fingerprint density at radius 2 is 1.86 bits per heavy atom. The van der Waals surface area contributed by atoms with Crippen LogP contribution in [0.2, 0.25) is 5.02 Å². The number of hydrogen-bond donors (Lipinski definition) is 3. The molecule has 0 heterocycles. The van der Waals surface area contributed by atoms with Gasteiger partial charge in [-0.05, 0) is 36.5 Å². The summed E-state index contributed by atoms with van der Waals surface area (Å²) in [4.78, 5) is 11.7. The van der Waals surface area contributed by atoms with Gasteiger partial charge in [-0.1, -0.05) is 11.6 Å². The molecule has 0 saturated heterocycles. The zero-order chi connectivity index (χ0) is 16.0. The smallest absolute Gasteiger partial charge is 0.253 e. The summed E-state index contributed by atoms with van der Waals surface area (Å²) in [5.74, 6) is -0.548. The van der Waals surface area contributed by atoms with Gasteiger partial charge in [-0.3, -0.25) is 15.6 Å². The Morgan fingerprint density at radius 1 is 1.29 bits per heavy atom. The van der Waals surface area contributed by atoms with E-state index < -0.39 is 15.9 Å². The third kappa shape index (κ3) is 5.12. The lowest BCUT2D eigenvalue weighted by molar-refractivity contribution is -0.121. The zero-order valence-electron chi connectivity index (χ0n) is 11.4. The van der Waals surface area contributed by atoms with Gasteiger partial charge < -0.3 is 5.32 Å². The first-order valence-corrected chi connectivity index (χ1v) is 7.98. The fourth-order valence-corrected chi connectivity index (χ4v) is 2.61. The summed E-state index contributed by atoms with van der Waals surface area (Å²) in [6, 6.07) is 5.69. The molecule has 0 radical (unpaired) electrons. The average molecular weight is 351 g/mol. The molecule has 7 nitrogen and oxygen atoms in total. The van der Waals surface area contributed by atoms with Gasteiger partial charge in [-0.15, -0.1) is 0 Å². The minimum atomic E-state index is -3.76. The largest absolute Gasteiger partial charge is 0.364 e. The van der Waals surface area contributed by atoms with E-state index in [2.05, 4.69) is 16.2 Å². The Hall–Kier alpha value is -1.42. The normalized spacial score (nSPS) is 11.0. The molecular weight excluding hydrogens is 336 g/mol. The molecule has 3 N–H and O–H groups in total. The van der Waals surface area contributed by atoms with E-state index >= 15 is 0 Å². The van der Waals surface area contributed by atoms with Gasteiger partial charge in [0, 0.05) is 19.1 Å².